The molecule has 0 saturated carbocycles. The minimum absolute atomic E-state index is 0.00701. The van der Waals surface area contributed by atoms with Gasteiger partial charge in [-0.05, 0) is 27.7 Å². The van der Waals surface area contributed by atoms with Crippen LogP contribution in [0.2, 0.25) is 0 Å². The van der Waals surface area contributed by atoms with E-state index in [2.05, 4.69) is 5.10 Å². The van der Waals surface area contributed by atoms with Crippen molar-refractivity contribution in [3.05, 3.63) is 11.4 Å². The number of nitrogens with zero attached hydrogens (tertiary/aromatic N) is 2. The first-order valence-corrected chi connectivity index (χ1v) is 4.55. The molecule has 0 amide bonds. The van der Waals surface area contributed by atoms with Crippen LogP contribution in [0.25, 0.3) is 0 Å². The molecule has 78 valence electrons. The van der Waals surface area contributed by atoms with Gasteiger partial charge in [-0.1, -0.05) is 0 Å². The summed E-state index contributed by atoms with van der Waals surface area (Å²) in [7, 11) is 0. The van der Waals surface area contributed by atoms with Gasteiger partial charge in [-0.25, -0.2) is 0 Å². The van der Waals surface area contributed by atoms with E-state index in [1.807, 2.05) is 20.8 Å². The summed E-state index contributed by atoms with van der Waals surface area (Å²) in [4.78, 5) is 11.1. The van der Waals surface area contributed by atoms with E-state index in [-0.39, 0.29) is 22.8 Å². The Balaban J connectivity index is 3.37. The zero-order valence-electron chi connectivity index (χ0n) is 9.25. The van der Waals surface area contributed by atoms with Crippen LogP contribution in [-0.4, -0.2) is 20.7 Å². The van der Waals surface area contributed by atoms with Crippen LogP contribution >= 0.6 is 0 Å². The summed E-state index contributed by atoms with van der Waals surface area (Å²) in [5, 5.41) is 13.7. The van der Waals surface area contributed by atoms with Crippen LogP contribution in [0.5, 0.6) is 5.75 Å². The molecule has 4 heteroatoms. The van der Waals surface area contributed by atoms with Crippen molar-refractivity contribution in [3.8, 4) is 5.75 Å². The number of carbonyl (C=O) groups excluding carboxylic acids is 1. The van der Waals surface area contributed by atoms with Gasteiger partial charge in [-0.15, -0.1) is 0 Å². The predicted molar refractivity (Wildman–Crippen MR) is 53.6 cm³/mol. The summed E-state index contributed by atoms with van der Waals surface area (Å²) in [6, 6.07) is 0. The molecule has 1 N–H and O–H groups in total. The molecule has 0 spiro atoms. The quantitative estimate of drug-likeness (QED) is 0.697. The van der Waals surface area contributed by atoms with E-state index in [4.69, 9.17) is 0 Å². The number of aromatic nitrogens is 2. The third kappa shape index (κ3) is 1.64. The number of carbonyl (C=O) groups is 1. The van der Waals surface area contributed by atoms with Crippen molar-refractivity contribution >= 4 is 5.78 Å². The van der Waals surface area contributed by atoms with Crippen LogP contribution in [0.4, 0.5) is 0 Å². The Kier molecular flexibility index (Phi) is 2.39. The second-order valence-corrected chi connectivity index (χ2v) is 4.42. The van der Waals surface area contributed by atoms with E-state index < -0.39 is 0 Å². The highest BCUT2D eigenvalue weighted by molar-refractivity contribution is 5.94. The third-order valence-corrected chi connectivity index (χ3v) is 2.05. The lowest BCUT2D eigenvalue weighted by Crippen LogP contribution is -2.24. The maximum absolute atomic E-state index is 11.1. The predicted octanol–water partition coefficient (Wildman–Crippen LogP) is 1.85. The molecule has 1 aromatic heterocycles. The molecule has 0 aliphatic heterocycles. The van der Waals surface area contributed by atoms with Gasteiger partial charge in [0, 0.05) is 6.92 Å². The van der Waals surface area contributed by atoms with Gasteiger partial charge < -0.3 is 5.11 Å². The average Bonchev–Trinajstić information content (AvgIpc) is 2.28. The number of Topliss-reactive ketones (excluding diaryl/α,β-unsaturated/α-hetero) is 1. The Morgan fingerprint density at radius 2 is 1.93 bits per heavy atom. The largest absolute Gasteiger partial charge is 0.504 e. The van der Waals surface area contributed by atoms with Crippen LogP contribution < -0.4 is 0 Å². The molecular formula is C10H16N2O2. The van der Waals surface area contributed by atoms with E-state index in [1.54, 1.807) is 11.6 Å². The summed E-state index contributed by atoms with van der Waals surface area (Å²) in [6.07, 6.45) is 0. The topological polar surface area (TPSA) is 55.1 Å². The zero-order valence-corrected chi connectivity index (χ0v) is 9.25. The Hall–Kier alpha value is -1.32. The van der Waals surface area contributed by atoms with Gasteiger partial charge in [0.2, 0.25) is 0 Å². The number of aromatic hydroxyl groups is 1. The maximum atomic E-state index is 11.1. The standard InChI is InChI=1S/C10H16N2O2/c1-6-9(14)8(7(2)13)11-12(6)10(3,4)5/h14H,1-5H3. The lowest BCUT2D eigenvalue weighted by molar-refractivity contribution is 0.100. The average molecular weight is 196 g/mol. The van der Waals surface area contributed by atoms with E-state index in [1.165, 1.54) is 6.92 Å². The second-order valence-electron chi connectivity index (χ2n) is 4.42. The maximum Gasteiger partial charge on any atom is 0.183 e. The molecule has 0 aromatic carbocycles. The minimum atomic E-state index is -0.227. The molecule has 0 aliphatic rings. The molecule has 1 rings (SSSR count). The van der Waals surface area contributed by atoms with Gasteiger partial charge in [0.25, 0.3) is 0 Å². The molecule has 1 aromatic rings. The van der Waals surface area contributed by atoms with Crippen molar-refractivity contribution in [2.24, 2.45) is 0 Å². The Morgan fingerprint density at radius 3 is 2.14 bits per heavy atom. The van der Waals surface area contributed by atoms with Crippen molar-refractivity contribution in [2.45, 2.75) is 40.2 Å². The Morgan fingerprint density at radius 1 is 1.43 bits per heavy atom. The van der Waals surface area contributed by atoms with E-state index in [9.17, 15) is 9.90 Å². The highest BCUT2D eigenvalue weighted by Gasteiger charge is 2.23. The van der Waals surface area contributed by atoms with E-state index >= 15 is 0 Å². The first-order valence-electron chi connectivity index (χ1n) is 4.55. The number of hydrogen-bond donors (Lipinski definition) is 1. The summed E-state index contributed by atoms with van der Waals surface area (Å²) in [5.74, 6) is -0.221. The van der Waals surface area contributed by atoms with Gasteiger partial charge >= 0.3 is 0 Å². The van der Waals surface area contributed by atoms with Gasteiger partial charge in [-0.3, -0.25) is 9.48 Å². The van der Waals surface area contributed by atoms with Crippen molar-refractivity contribution in [1.29, 1.82) is 0 Å². The van der Waals surface area contributed by atoms with Crippen LogP contribution in [0, 0.1) is 6.92 Å². The summed E-state index contributed by atoms with van der Waals surface area (Å²) in [6.45, 7) is 9.05. The molecule has 0 atom stereocenters. The normalized spacial score (nSPS) is 11.8. The molecule has 0 unspecified atom stereocenters. The van der Waals surface area contributed by atoms with Crippen LogP contribution in [0.1, 0.15) is 43.9 Å². The third-order valence-electron chi connectivity index (χ3n) is 2.05. The lowest BCUT2D eigenvalue weighted by atomic mass is 10.1. The Bertz CT molecular complexity index is 372. The number of rotatable bonds is 1. The first-order chi connectivity index (χ1) is 6.25. The molecule has 14 heavy (non-hydrogen) atoms. The fourth-order valence-corrected chi connectivity index (χ4v) is 1.38. The van der Waals surface area contributed by atoms with Crippen molar-refractivity contribution in [2.75, 3.05) is 0 Å². The van der Waals surface area contributed by atoms with Crippen molar-refractivity contribution < 1.29 is 9.90 Å². The van der Waals surface area contributed by atoms with Crippen LogP contribution in [0.15, 0.2) is 0 Å². The molecule has 0 fully saturated rings. The van der Waals surface area contributed by atoms with Crippen molar-refractivity contribution in [1.82, 2.24) is 9.78 Å². The number of ketones is 1. The monoisotopic (exact) mass is 196 g/mol. The van der Waals surface area contributed by atoms with E-state index in [0.717, 1.165) is 0 Å². The fraction of sp³-hybridized carbons (Fsp3) is 0.600. The smallest absolute Gasteiger partial charge is 0.183 e. The molecule has 0 aliphatic carbocycles. The molecule has 0 radical (unpaired) electrons. The summed E-state index contributed by atoms with van der Waals surface area (Å²) < 4.78 is 1.67. The van der Waals surface area contributed by atoms with Crippen LogP contribution in [0.3, 0.4) is 0 Å². The minimum Gasteiger partial charge on any atom is -0.504 e. The lowest BCUT2D eigenvalue weighted by Gasteiger charge is -2.20. The number of hydrogen-bond acceptors (Lipinski definition) is 3. The fourth-order valence-electron chi connectivity index (χ4n) is 1.38. The highest BCUT2D eigenvalue weighted by Crippen LogP contribution is 2.26. The Labute approximate surface area is 83.5 Å². The highest BCUT2D eigenvalue weighted by atomic mass is 16.3. The molecule has 0 bridgehead atoms. The van der Waals surface area contributed by atoms with Gasteiger partial charge in [0.15, 0.2) is 17.2 Å². The van der Waals surface area contributed by atoms with Gasteiger partial charge in [0.1, 0.15) is 0 Å². The molecular weight excluding hydrogens is 180 g/mol. The molecule has 4 nitrogen and oxygen atoms in total. The zero-order chi connectivity index (χ0) is 11.1. The van der Waals surface area contributed by atoms with E-state index in [0.29, 0.717) is 5.69 Å². The van der Waals surface area contributed by atoms with Crippen molar-refractivity contribution in [3.63, 3.8) is 0 Å². The van der Waals surface area contributed by atoms with Gasteiger partial charge in [0.05, 0.1) is 11.2 Å². The van der Waals surface area contributed by atoms with Gasteiger partial charge in [-0.2, -0.15) is 5.10 Å². The molecule has 0 saturated heterocycles. The SMILES string of the molecule is CC(=O)c1nn(C(C)(C)C)c(C)c1O. The first kappa shape index (κ1) is 10.8. The summed E-state index contributed by atoms with van der Waals surface area (Å²) >= 11 is 0. The summed E-state index contributed by atoms with van der Waals surface area (Å²) in [5.41, 5.74) is 0.551. The molecule has 1 heterocycles. The second kappa shape index (κ2) is 3.12. The van der Waals surface area contributed by atoms with Crippen LogP contribution in [-0.2, 0) is 5.54 Å².